The van der Waals surface area contributed by atoms with E-state index in [9.17, 15) is 9.59 Å². The molecule has 1 heterocycles. The summed E-state index contributed by atoms with van der Waals surface area (Å²) in [4.78, 5) is 23.5. The van der Waals surface area contributed by atoms with E-state index in [0.717, 1.165) is 16.8 Å². The van der Waals surface area contributed by atoms with Crippen molar-refractivity contribution in [3.05, 3.63) is 65.2 Å². The monoisotopic (exact) mass is 315 g/mol. The zero-order valence-corrected chi connectivity index (χ0v) is 12.5. The number of amides is 1. The van der Waals surface area contributed by atoms with Gasteiger partial charge in [0.05, 0.1) is 12.2 Å². The number of rotatable bonds is 4. The van der Waals surface area contributed by atoms with E-state index in [2.05, 4.69) is 5.32 Å². The Morgan fingerprint density at radius 2 is 1.91 bits per heavy atom. The lowest BCUT2D eigenvalue weighted by Crippen LogP contribution is -2.09. The van der Waals surface area contributed by atoms with Gasteiger partial charge in [0.1, 0.15) is 5.38 Å². The van der Waals surface area contributed by atoms with Crippen LogP contribution in [0.3, 0.4) is 0 Å². The highest BCUT2D eigenvalue weighted by molar-refractivity contribution is 6.35. The second-order valence-corrected chi connectivity index (χ2v) is 5.42. The number of esters is 1. The normalized spacial score (nSPS) is 16.0. The molecule has 112 valence electrons. The van der Waals surface area contributed by atoms with Crippen molar-refractivity contribution >= 4 is 29.2 Å². The summed E-state index contributed by atoms with van der Waals surface area (Å²) in [6, 6.07) is 14.4. The van der Waals surface area contributed by atoms with Crippen molar-refractivity contribution in [3.8, 4) is 0 Å². The van der Waals surface area contributed by atoms with Crippen LogP contribution in [0.25, 0.3) is 0 Å². The smallest absolute Gasteiger partial charge is 0.338 e. The summed E-state index contributed by atoms with van der Waals surface area (Å²) in [5.74, 6) is -0.574. The molecule has 2 aromatic rings. The van der Waals surface area contributed by atoms with E-state index in [4.69, 9.17) is 16.3 Å². The number of halogens is 1. The van der Waals surface area contributed by atoms with Crippen LogP contribution in [0.2, 0.25) is 0 Å². The minimum atomic E-state index is -0.684. The number of carbonyl (C=O) groups is 2. The molecule has 3 rings (SSSR count). The van der Waals surface area contributed by atoms with Crippen LogP contribution >= 0.6 is 11.6 Å². The van der Waals surface area contributed by atoms with Gasteiger partial charge in [0.25, 0.3) is 0 Å². The maximum absolute atomic E-state index is 11.9. The van der Waals surface area contributed by atoms with Crippen molar-refractivity contribution in [1.82, 2.24) is 0 Å². The number of nitrogens with one attached hydrogen (secondary N) is 1. The lowest BCUT2D eigenvalue weighted by molar-refractivity contribution is -0.115. The molecule has 1 atom stereocenters. The molecular weight excluding hydrogens is 302 g/mol. The Bertz CT molecular complexity index is 715. The first-order chi connectivity index (χ1) is 10.7. The van der Waals surface area contributed by atoms with Crippen molar-refractivity contribution < 1.29 is 14.3 Å². The zero-order valence-electron chi connectivity index (χ0n) is 11.7. The van der Waals surface area contributed by atoms with Gasteiger partial charge in [0, 0.05) is 17.7 Å². The Morgan fingerprint density at radius 1 is 1.14 bits per heavy atom. The predicted octanol–water partition coefficient (Wildman–Crippen LogP) is 3.32. The van der Waals surface area contributed by atoms with Gasteiger partial charge in [-0.25, -0.2) is 4.79 Å². The largest absolute Gasteiger partial charge is 0.462 e. The summed E-state index contributed by atoms with van der Waals surface area (Å²) in [5.41, 5.74) is 2.95. The molecule has 0 spiro atoms. The minimum absolute atomic E-state index is 0.217. The quantitative estimate of drug-likeness (QED) is 0.695. The van der Waals surface area contributed by atoms with E-state index in [0.29, 0.717) is 12.0 Å². The molecule has 0 saturated carbocycles. The molecule has 0 saturated heterocycles. The molecule has 1 aliphatic rings. The first-order valence-electron chi connectivity index (χ1n) is 6.95. The Balaban J connectivity index is 1.65. The Labute approximate surface area is 133 Å². The highest BCUT2D eigenvalue weighted by atomic mass is 35.5. The third kappa shape index (κ3) is 2.83. The number of benzene rings is 2. The van der Waals surface area contributed by atoms with Crippen molar-refractivity contribution in [3.63, 3.8) is 0 Å². The average Bonchev–Trinajstić information content (AvgIpc) is 2.84. The van der Waals surface area contributed by atoms with Gasteiger partial charge in [0.15, 0.2) is 0 Å². The van der Waals surface area contributed by atoms with Gasteiger partial charge in [-0.05, 0) is 23.8 Å². The average molecular weight is 316 g/mol. The van der Waals surface area contributed by atoms with Crippen LogP contribution in [0.4, 0.5) is 5.69 Å². The first kappa shape index (κ1) is 14.6. The Kier molecular flexibility index (Phi) is 4.11. The molecule has 0 fully saturated rings. The summed E-state index contributed by atoms with van der Waals surface area (Å²) in [6.45, 7) is 0.238. The third-order valence-electron chi connectivity index (χ3n) is 3.55. The molecule has 4 nitrogen and oxygen atoms in total. The number of ether oxygens (including phenoxy) is 1. The number of fused-ring (bicyclic) bond motifs is 1. The Morgan fingerprint density at radius 3 is 2.68 bits per heavy atom. The number of carbonyl (C=O) groups excluding carboxylic acids is 2. The van der Waals surface area contributed by atoms with Crippen molar-refractivity contribution in [1.29, 1.82) is 0 Å². The van der Waals surface area contributed by atoms with E-state index in [1.54, 1.807) is 24.3 Å². The maximum atomic E-state index is 11.9. The maximum Gasteiger partial charge on any atom is 0.338 e. The number of hydrogen-bond donors (Lipinski definition) is 1. The number of alkyl halides is 1. The van der Waals surface area contributed by atoms with Crippen molar-refractivity contribution in [2.75, 3.05) is 11.9 Å². The molecule has 2 aromatic carbocycles. The van der Waals surface area contributed by atoms with E-state index in [-0.39, 0.29) is 18.5 Å². The summed E-state index contributed by atoms with van der Waals surface area (Å²) in [6.07, 6.45) is 0.514. The van der Waals surface area contributed by atoms with Gasteiger partial charge < -0.3 is 10.1 Å². The molecule has 0 aliphatic carbocycles. The summed E-state index contributed by atoms with van der Waals surface area (Å²) in [7, 11) is 0. The molecule has 22 heavy (non-hydrogen) atoms. The molecular formula is C17H14ClNO3. The van der Waals surface area contributed by atoms with Crippen LogP contribution in [-0.2, 0) is 16.0 Å². The van der Waals surface area contributed by atoms with Gasteiger partial charge in [-0.3, -0.25) is 4.79 Å². The van der Waals surface area contributed by atoms with Gasteiger partial charge in [-0.15, -0.1) is 11.6 Å². The van der Waals surface area contributed by atoms with Crippen molar-refractivity contribution in [2.45, 2.75) is 11.8 Å². The van der Waals surface area contributed by atoms with Gasteiger partial charge in [-0.1, -0.05) is 30.3 Å². The van der Waals surface area contributed by atoms with Gasteiger partial charge in [0.2, 0.25) is 5.91 Å². The van der Waals surface area contributed by atoms with Crippen LogP contribution in [-0.4, -0.2) is 18.5 Å². The van der Waals surface area contributed by atoms with Crippen LogP contribution in [0.5, 0.6) is 0 Å². The van der Waals surface area contributed by atoms with Crippen molar-refractivity contribution in [2.24, 2.45) is 0 Å². The Hall–Kier alpha value is -2.33. The fraction of sp³-hybridized carbons (Fsp3) is 0.176. The highest BCUT2D eigenvalue weighted by Crippen LogP contribution is 2.37. The second kappa shape index (κ2) is 6.20. The van der Waals surface area contributed by atoms with E-state index in [1.165, 1.54) is 0 Å². The first-order valence-corrected chi connectivity index (χ1v) is 7.39. The zero-order chi connectivity index (χ0) is 15.5. The molecule has 1 N–H and O–H groups in total. The SMILES string of the molecule is O=C(OCCc1cccc2c1C(Cl)C(=O)N2)c1ccccc1. The van der Waals surface area contributed by atoms with E-state index >= 15 is 0 Å². The van der Waals surface area contributed by atoms with E-state index < -0.39 is 5.38 Å². The van der Waals surface area contributed by atoms with Crippen LogP contribution < -0.4 is 5.32 Å². The summed E-state index contributed by atoms with van der Waals surface area (Å²) >= 11 is 6.12. The minimum Gasteiger partial charge on any atom is -0.462 e. The lowest BCUT2D eigenvalue weighted by atomic mass is 10.0. The van der Waals surface area contributed by atoms with Crippen LogP contribution in [0.1, 0.15) is 26.9 Å². The number of hydrogen-bond acceptors (Lipinski definition) is 3. The standard InChI is InChI=1S/C17H14ClNO3/c18-15-14-11(7-4-8-13(14)19-16(15)20)9-10-22-17(21)12-5-2-1-3-6-12/h1-8,15H,9-10H2,(H,19,20). The number of anilines is 1. The summed E-state index contributed by atoms with van der Waals surface area (Å²) < 4.78 is 5.27. The fourth-order valence-corrected chi connectivity index (χ4v) is 2.79. The molecule has 1 aliphatic heterocycles. The molecule has 0 bridgehead atoms. The highest BCUT2D eigenvalue weighted by Gasteiger charge is 2.30. The van der Waals surface area contributed by atoms with Gasteiger partial charge in [-0.2, -0.15) is 0 Å². The lowest BCUT2D eigenvalue weighted by Gasteiger charge is -2.10. The van der Waals surface area contributed by atoms with E-state index in [1.807, 2.05) is 24.3 Å². The van der Waals surface area contributed by atoms with Gasteiger partial charge >= 0.3 is 5.97 Å². The predicted molar refractivity (Wildman–Crippen MR) is 84.1 cm³/mol. The van der Waals surface area contributed by atoms with Crippen LogP contribution in [0, 0.1) is 0 Å². The molecule has 0 aromatic heterocycles. The third-order valence-corrected chi connectivity index (χ3v) is 3.97. The second-order valence-electron chi connectivity index (χ2n) is 4.98. The summed E-state index contributed by atoms with van der Waals surface area (Å²) in [5, 5.41) is 2.05. The molecule has 5 heteroatoms. The van der Waals surface area contributed by atoms with Crippen LogP contribution in [0.15, 0.2) is 48.5 Å². The molecule has 1 unspecified atom stereocenters. The molecule has 0 radical (unpaired) electrons. The fourth-order valence-electron chi connectivity index (χ4n) is 2.48. The topological polar surface area (TPSA) is 55.4 Å². The molecule has 1 amide bonds.